The Kier molecular flexibility index (Phi) is 4.54. The molecule has 1 nitrogen and oxygen atoms in total. The largest absolute Gasteiger partial charge is 0.330 e. The Bertz CT molecular complexity index is 488. The molecule has 1 heteroatoms. The molecule has 2 N–H and O–H groups in total. The van der Waals surface area contributed by atoms with Crippen molar-refractivity contribution < 1.29 is 0 Å². The fraction of sp³-hybridized carbons (Fsp3) is 0.294. The van der Waals surface area contributed by atoms with Crippen LogP contribution in [0.4, 0.5) is 0 Å². The average Bonchev–Trinajstić information content (AvgIpc) is 2.39. The topological polar surface area (TPSA) is 26.0 Å². The first-order chi connectivity index (χ1) is 8.79. The van der Waals surface area contributed by atoms with Gasteiger partial charge in [-0.25, -0.2) is 0 Å². The molecule has 94 valence electrons. The van der Waals surface area contributed by atoms with Crippen LogP contribution in [0, 0.1) is 6.92 Å². The van der Waals surface area contributed by atoms with E-state index in [1.54, 1.807) is 0 Å². The molecular weight excluding hydrogens is 218 g/mol. The SMILES string of the molecule is Cc1ccc(CCCN)c(Cc2ccccc2)c1. The second-order valence-electron chi connectivity index (χ2n) is 4.83. The molecule has 0 aliphatic carbocycles. The summed E-state index contributed by atoms with van der Waals surface area (Å²) in [5.41, 5.74) is 11.2. The van der Waals surface area contributed by atoms with Crippen molar-refractivity contribution in [3.63, 3.8) is 0 Å². The van der Waals surface area contributed by atoms with E-state index in [4.69, 9.17) is 5.73 Å². The van der Waals surface area contributed by atoms with Crippen LogP contribution >= 0.6 is 0 Å². The van der Waals surface area contributed by atoms with Crippen LogP contribution < -0.4 is 5.73 Å². The maximum atomic E-state index is 5.61. The highest BCUT2D eigenvalue weighted by atomic mass is 14.5. The maximum absolute atomic E-state index is 5.61. The third kappa shape index (κ3) is 3.44. The summed E-state index contributed by atoms with van der Waals surface area (Å²) < 4.78 is 0. The zero-order valence-corrected chi connectivity index (χ0v) is 11.0. The fourth-order valence-corrected chi connectivity index (χ4v) is 2.27. The van der Waals surface area contributed by atoms with Crippen LogP contribution in [0.5, 0.6) is 0 Å². The Morgan fingerprint density at radius 3 is 2.44 bits per heavy atom. The van der Waals surface area contributed by atoms with Crippen molar-refractivity contribution in [2.24, 2.45) is 5.73 Å². The molecule has 0 aliphatic rings. The number of nitrogens with two attached hydrogens (primary N) is 1. The van der Waals surface area contributed by atoms with Crippen LogP contribution in [0.15, 0.2) is 48.5 Å². The number of hydrogen-bond acceptors (Lipinski definition) is 1. The summed E-state index contributed by atoms with van der Waals surface area (Å²) in [7, 11) is 0. The van der Waals surface area contributed by atoms with Crippen LogP contribution in [-0.2, 0) is 12.8 Å². The molecule has 0 saturated heterocycles. The molecule has 0 atom stereocenters. The van der Waals surface area contributed by atoms with Gasteiger partial charge in [0.15, 0.2) is 0 Å². The molecule has 0 amide bonds. The van der Waals surface area contributed by atoms with E-state index >= 15 is 0 Å². The van der Waals surface area contributed by atoms with Crippen molar-refractivity contribution in [3.05, 3.63) is 70.8 Å². The maximum Gasteiger partial charge on any atom is -0.00229 e. The smallest absolute Gasteiger partial charge is 0.00229 e. The highest BCUT2D eigenvalue weighted by Gasteiger charge is 2.04. The molecule has 2 aromatic carbocycles. The summed E-state index contributed by atoms with van der Waals surface area (Å²) in [6, 6.07) is 17.4. The summed E-state index contributed by atoms with van der Waals surface area (Å²) in [4.78, 5) is 0. The van der Waals surface area contributed by atoms with Crippen LogP contribution in [0.2, 0.25) is 0 Å². The molecule has 0 bridgehead atoms. The lowest BCUT2D eigenvalue weighted by atomic mass is 9.95. The minimum Gasteiger partial charge on any atom is -0.330 e. The Hall–Kier alpha value is -1.60. The summed E-state index contributed by atoms with van der Waals surface area (Å²) in [5, 5.41) is 0. The second kappa shape index (κ2) is 6.36. The van der Waals surface area contributed by atoms with E-state index in [1.165, 1.54) is 22.3 Å². The van der Waals surface area contributed by atoms with Gasteiger partial charge in [0, 0.05) is 0 Å². The van der Waals surface area contributed by atoms with Gasteiger partial charge in [0.1, 0.15) is 0 Å². The molecule has 2 rings (SSSR count). The van der Waals surface area contributed by atoms with Crippen molar-refractivity contribution >= 4 is 0 Å². The van der Waals surface area contributed by atoms with Crippen LogP contribution in [0.3, 0.4) is 0 Å². The third-order valence-electron chi connectivity index (χ3n) is 3.25. The molecule has 0 unspecified atom stereocenters. The standard InChI is InChI=1S/C17H21N/c1-14-9-10-16(8-5-11-18)17(12-14)13-15-6-3-2-4-7-15/h2-4,6-7,9-10,12H,5,8,11,13,18H2,1H3. The predicted molar refractivity (Wildman–Crippen MR) is 77.8 cm³/mol. The molecular formula is C17H21N. The molecule has 0 spiro atoms. The van der Waals surface area contributed by atoms with E-state index in [-0.39, 0.29) is 0 Å². The van der Waals surface area contributed by atoms with E-state index < -0.39 is 0 Å². The van der Waals surface area contributed by atoms with E-state index in [1.807, 2.05) is 0 Å². The Morgan fingerprint density at radius 2 is 1.72 bits per heavy atom. The van der Waals surface area contributed by atoms with Gasteiger partial charge in [0.2, 0.25) is 0 Å². The minimum atomic E-state index is 0.763. The van der Waals surface area contributed by atoms with Gasteiger partial charge < -0.3 is 5.73 Å². The normalized spacial score (nSPS) is 10.6. The lowest BCUT2D eigenvalue weighted by molar-refractivity contribution is 0.823. The number of benzene rings is 2. The van der Waals surface area contributed by atoms with E-state index in [0.717, 1.165) is 25.8 Å². The van der Waals surface area contributed by atoms with Gasteiger partial charge >= 0.3 is 0 Å². The van der Waals surface area contributed by atoms with Gasteiger partial charge in [-0.05, 0) is 49.4 Å². The van der Waals surface area contributed by atoms with Crippen molar-refractivity contribution in [1.82, 2.24) is 0 Å². The summed E-state index contributed by atoms with van der Waals surface area (Å²) in [5.74, 6) is 0. The Morgan fingerprint density at radius 1 is 0.944 bits per heavy atom. The Balaban J connectivity index is 2.22. The molecule has 0 heterocycles. The summed E-state index contributed by atoms with van der Waals surface area (Å²) in [6.07, 6.45) is 3.16. The van der Waals surface area contributed by atoms with Gasteiger partial charge in [-0.3, -0.25) is 0 Å². The van der Waals surface area contributed by atoms with Crippen molar-refractivity contribution in [2.75, 3.05) is 6.54 Å². The highest BCUT2D eigenvalue weighted by molar-refractivity contribution is 5.36. The zero-order valence-electron chi connectivity index (χ0n) is 11.0. The monoisotopic (exact) mass is 239 g/mol. The average molecular weight is 239 g/mol. The highest BCUT2D eigenvalue weighted by Crippen LogP contribution is 2.17. The van der Waals surface area contributed by atoms with Gasteiger partial charge in [-0.15, -0.1) is 0 Å². The van der Waals surface area contributed by atoms with Gasteiger partial charge in [-0.1, -0.05) is 54.1 Å². The van der Waals surface area contributed by atoms with Crippen LogP contribution in [-0.4, -0.2) is 6.54 Å². The van der Waals surface area contributed by atoms with Gasteiger partial charge in [-0.2, -0.15) is 0 Å². The van der Waals surface area contributed by atoms with Crippen molar-refractivity contribution in [2.45, 2.75) is 26.2 Å². The van der Waals surface area contributed by atoms with Crippen molar-refractivity contribution in [3.8, 4) is 0 Å². The zero-order chi connectivity index (χ0) is 12.8. The van der Waals surface area contributed by atoms with Gasteiger partial charge in [0.25, 0.3) is 0 Å². The molecule has 0 radical (unpaired) electrons. The fourth-order valence-electron chi connectivity index (χ4n) is 2.27. The number of aryl methyl sites for hydroxylation is 2. The van der Waals surface area contributed by atoms with E-state index in [0.29, 0.717) is 0 Å². The second-order valence-corrected chi connectivity index (χ2v) is 4.83. The van der Waals surface area contributed by atoms with E-state index in [2.05, 4.69) is 55.5 Å². The summed E-state index contributed by atoms with van der Waals surface area (Å²) >= 11 is 0. The quantitative estimate of drug-likeness (QED) is 0.849. The molecule has 0 aromatic heterocycles. The van der Waals surface area contributed by atoms with Crippen LogP contribution in [0.25, 0.3) is 0 Å². The molecule has 2 aromatic rings. The first-order valence-electron chi connectivity index (χ1n) is 6.62. The third-order valence-corrected chi connectivity index (χ3v) is 3.25. The first kappa shape index (κ1) is 12.8. The Labute approximate surface area is 110 Å². The molecule has 0 aliphatic heterocycles. The first-order valence-corrected chi connectivity index (χ1v) is 6.62. The number of rotatable bonds is 5. The van der Waals surface area contributed by atoms with Crippen LogP contribution in [0.1, 0.15) is 28.7 Å². The molecule has 0 fully saturated rings. The number of hydrogen-bond donors (Lipinski definition) is 1. The van der Waals surface area contributed by atoms with Crippen molar-refractivity contribution in [1.29, 1.82) is 0 Å². The predicted octanol–water partition coefficient (Wildman–Crippen LogP) is 3.48. The lowest BCUT2D eigenvalue weighted by Crippen LogP contribution is -2.03. The molecule has 18 heavy (non-hydrogen) atoms. The summed E-state index contributed by atoms with van der Waals surface area (Å²) in [6.45, 7) is 2.92. The minimum absolute atomic E-state index is 0.763. The van der Waals surface area contributed by atoms with Gasteiger partial charge in [0.05, 0.1) is 0 Å². The lowest BCUT2D eigenvalue weighted by Gasteiger charge is -2.10. The van der Waals surface area contributed by atoms with E-state index in [9.17, 15) is 0 Å². The molecule has 0 saturated carbocycles.